The lowest BCUT2D eigenvalue weighted by molar-refractivity contribution is -0.145. The molecule has 2 aromatic rings. The van der Waals surface area contributed by atoms with Crippen molar-refractivity contribution in [3.05, 3.63) is 35.5 Å². The number of carbonyl (C=O) groups excluding carboxylic acids is 1. The molecule has 0 spiro atoms. The van der Waals surface area contributed by atoms with Gasteiger partial charge in [0, 0.05) is 5.56 Å². The Morgan fingerprint density at radius 2 is 2.19 bits per heavy atom. The molecule has 0 aliphatic carbocycles. The van der Waals surface area contributed by atoms with Crippen LogP contribution in [0, 0.1) is 12.7 Å². The number of nitrogens with zero attached hydrogens (tertiary/aromatic N) is 2. The van der Waals surface area contributed by atoms with E-state index < -0.39 is 5.92 Å². The second-order valence-corrected chi connectivity index (χ2v) is 4.63. The fraction of sp³-hybridized carbons (Fsp3) is 0.400. The zero-order valence-corrected chi connectivity index (χ0v) is 12.2. The Hall–Kier alpha value is -2.24. The first-order valence-corrected chi connectivity index (χ1v) is 6.83. The molecule has 0 aliphatic rings. The van der Waals surface area contributed by atoms with Crippen LogP contribution in [0.5, 0.6) is 0 Å². The van der Waals surface area contributed by atoms with Gasteiger partial charge in [0.05, 0.1) is 6.61 Å². The van der Waals surface area contributed by atoms with Crippen LogP contribution < -0.4 is 0 Å². The van der Waals surface area contributed by atoms with E-state index in [0.717, 1.165) is 0 Å². The molecule has 1 aromatic heterocycles. The molecule has 6 heteroatoms. The molecular formula is C15H17FN2O3. The third kappa shape index (κ3) is 3.26. The first-order chi connectivity index (χ1) is 10.1. The predicted molar refractivity (Wildman–Crippen MR) is 74.1 cm³/mol. The van der Waals surface area contributed by atoms with Gasteiger partial charge < -0.3 is 9.26 Å². The predicted octanol–water partition coefficient (Wildman–Crippen LogP) is 3.24. The van der Waals surface area contributed by atoms with E-state index in [1.165, 1.54) is 6.07 Å². The van der Waals surface area contributed by atoms with Gasteiger partial charge in [-0.15, -0.1) is 0 Å². The molecule has 0 fully saturated rings. The topological polar surface area (TPSA) is 65.2 Å². The molecule has 1 atom stereocenters. The van der Waals surface area contributed by atoms with Crippen molar-refractivity contribution in [3.63, 3.8) is 0 Å². The van der Waals surface area contributed by atoms with Gasteiger partial charge in [-0.25, -0.2) is 4.39 Å². The monoisotopic (exact) mass is 292 g/mol. The summed E-state index contributed by atoms with van der Waals surface area (Å²) in [5, 5.41) is 3.85. The van der Waals surface area contributed by atoms with Crippen molar-refractivity contribution in [1.29, 1.82) is 0 Å². The van der Waals surface area contributed by atoms with Crippen molar-refractivity contribution in [3.8, 4) is 11.4 Å². The van der Waals surface area contributed by atoms with Crippen molar-refractivity contribution >= 4 is 5.97 Å². The standard InChI is InChI=1S/C15H17FN2O3/c1-4-11(15(19)20-5-2)14-17-13(18-21-14)10-6-7-12(16)9(3)8-10/h6-8,11H,4-5H2,1-3H3. The summed E-state index contributed by atoms with van der Waals surface area (Å²) in [6, 6.07) is 4.56. The second kappa shape index (κ2) is 6.47. The minimum atomic E-state index is -0.576. The van der Waals surface area contributed by atoms with Crippen LogP contribution in [0.15, 0.2) is 22.7 Å². The summed E-state index contributed by atoms with van der Waals surface area (Å²) in [6.45, 7) is 5.54. The maximum Gasteiger partial charge on any atom is 0.318 e. The summed E-state index contributed by atoms with van der Waals surface area (Å²) in [7, 11) is 0. The molecule has 21 heavy (non-hydrogen) atoms. The molecule has 2 rings (SSSR count). The van der Waals surface area contributed by atoms with Crippen molar-refractivity contribution in [2.75, 3.05) is 6.61 Å². The highest BCUT2D eigenvalue weighted by Gasteiger charge is 2.26. The van der Waals surface area contributed by atoms with Gasteiger partial charge in [-0.1, -0.05) is 12.1 Å². The highest BCUT2D eigenvalue weighted by molar-refractivity contribution is 5.76. The van der Waals surface area contributed by atoms with E-state index in [9.17, 15) is 9.18 Å². The van der Waals surface area contributed by atoms with Crippen LogP contribution in [-0.2, 0) is 9.53 Å². The Kier molecular flexibility index (Phi) is 4.67. The van der Waals surface area contributed by atoms with E-state index in [1.807, 2.05) is 6.92 Å². The third-order valence-electron chi connectivity index (χ3n) is 3.14. The van der Waals surface area contributed by atoms with Crippen LogP contribution in [0.25, 0.3) is 11.4 Å². The summed E-state index contributed by atoms with van der Waals surface area (Å²) in [6.07, 6.45) is 0.503. The molecule has 1 heterocycles. The quantitative estimate of drug-likeness (QED) is 0.791. The van der Waals surface area contributed by atoms with E-state index in [-0.39, 0.29) is 17.7 Å². The zero-order chi connectivity index (χ0) is 15.4. The molecule has 0 saturated carbocycles. The van der Waals surface area contributed by atoms with Crippen LogP contribution >= 0.6 is 0 Å². The molecule has 1 unspecified atom stereocenters. The second-order valence-electron chi connectivity index (χ2n) is 4.63. The largest absolute Gasteiger partial charge is 0.465 e. The van der Waals surface area contributed by atoms with E-state index in [0.29, 0.717) is 30.0 Å². The van der Waals surface area contributed by atoms with Crippen LogP contribution in [-0.4, -0.2) is 22.7 Å². The molecule has 0 saturated heterocycles. The van der Waals surface area contributed by atoms with Crippen molar-refractivity contribution in [2.45, 2.75) is 33.1 Å². The van der Waals surface area contributed by atoms with E-state index in [1.54, 1.807) is 26.0 Å². The summed E-state index contributed by atoms with van der Waals surface area (Å²) >= 11 is 0. The van der Waals surface area contributed by atoms with E-state index in [4.69, 9.17) is 9.26 Å². The number of aromatic nitrogens is 2. The smallest absolute Gasteiger partial charge is 0.318 e. The lowest BCUT2D eigenvalue weighted by Gasteiger charge is -2.08. The van der Waals surface area contributed by atoms with Gasteiger partial charge in [-0.2, -0.15) is 4.98 Å². The minimum absolute atomic E-state index is 0.216. The minimum Gasteiger partial charge on any atom is -0.465 e. The SMILES string of the molecule is CCOC(=O)C(CC)c1nc(-c2ccc(F)c(C)c2)no1. The maximum absolute atomic E-state index is 13.3. The lowest BCUT2D eigenvalue weighted by Crippen LogP contribution is -2.15. The number of benzene rings is 1. The Labute approximate surface area is 122 Å². The molecule has 112 valence electrons. The molecule has 0 radical (unpaired) electrons. The Morgan fingerprint density at radius 3 is 2.81 bits per heavy atom. The van der Waals surface area contributed by atoms with Crippen molar-refractivity contribution in [1.82, 2.24) is 10.1 Å². The van der Waals surface area contributed by atoms with Crippen molar-refractivity contribution in [2.24, 2.45) is 0 Å². The van der Waals surface area contributed by atoms with Crippen molar-refractivity contribution < 1.29 is 18.4 Å². The Morgan fingerprint density at radius 1 is 1.43 bits per heavy atom. The zero-order valence-electron chi connectivity index (χ0n) is 12.2. The number of hydrogen-bond acceptors (Lipinski definition) is 5. The fourth-order valence-electron chi connectivity index (χ4n) is 1.96. The number of halogens is 1. The molecule has 0 N–H and O–H groups in total. The van der Waals surface area contributed by atoms with E-state index in [2.05, 4.69) is 10.1 Å². The average Bonchev–Trinajstić information content (AvgIpc) is 2.92. The summed E-state index contributed by atoms with van der Waals surface area (Å²) in [5.41, 5.74) is 1.14. The number of esters is 1. The number of ether oxygens (including phenoxy) is 1. The molecular weight excluding hydrogens is 275 g/mol. The highest BCUT2D eigenvalue weighted by atomic mass is 19.1. The lowest BCUT2D eigenvalue weighted by atomic mass is 10.1. The fourth-order valence-corrected chi connectivity index (χ4v) is 1.96. The average molecular weight is 292 g/mol. The summed E-state index contributed by atoms with van der Waals surface area (Å²) in [4.78, 5) is 16.0. The molecule has 5 nitrogen and oxygen atoms in total. The summed E-state index contributed by atoms with van der Waals surface area (Å²) < 4.78 is 23.4. The van der Waals surface area contributed by atoms with Gasteiger partial charge in [-0.05, 0) is 44.0 Å². The molecule has 0 amide bonds. The molecule has 1 aromatic carbocycles. The normalized spacial score (nSPS) is 12.2. The maximum atomic E-state index is 13.3. The molecule has 0 bridgehead atoms. The third-order valence-corrected chi connectivity index (χ3v) is 3.14. The highest BCUT2D eigenvalue weighted by Crippen LogP contribution is 2.24. The molecule has 0 aliphatic heterocycles. The number of carbonyl (C=O) groups is 1. The van der Waals surface area contributed by atoms with Crippen LogP contribution in [0.3, 0.4) is 0 Å². The van der Waals surface area contributed by atoms with Crippen LogP contribution in [0.2, 0.25) is 0 Å². The van der Waals surface area contributed by atoms with Gasteiger partial charge in [0.2, 0.25) is 11.7 Å². The Balaban J connectivity index is 2.27. The first kappa shape index (κ1) is 15.2. The summed E-state index contributed by atoms with van der Waals surface area (Å²) in [5.74, 6) is -0.706. The van der Waals surface area contributed by atoms with Gasteiger partial charge in [0.15, 0.2) is 0 Å². The van der Waals surface area contributed by atoms with Gasteiger partial charge >= 0.3 is 5.97 Å². The van der Waals surface area contributed by atoms with Gasteiger partial charge in [0.1, 0.15) is 11.7 Å². The van der Waals surface area contributed by atoms with Crippen LogP contribution in [0.4, 0.5) is 4.39 Å². The first-order valence-electron chi connectivity index (χ1n) is 6.83. The number of rotatable bonds is 5. The van der Waals surface area contributed by atoms with Gasteiger partial charge in [-0.3, -0.25) is 4.79 Å². The van der Waals surface area contributed by atoms with Gasteiger partial charge in [0.25, 0.3) is 0 Å². The van der Waals surface area contributed by atoms with E-state index >= 15 is 0 Å². The number of hydrogen-bond donors (Lipinski definition) is 0. The Bertz CT molecular complexity index is 640. The van der Waals surface area contributed by atoms with Crippen LogP contribution in [0.1, 0.15) is 37.6 Å². The number of aryl methyl sites for hydroxylation is 1.